The van der Waals surface area contributed by atoms with Crippen LogP contribution >= 0.6 is 15.9 Å². The van der Waals surface area contributed by atoms with Gasteiger partial charge in [0.05, 0.1) is 28.6 Å². The molecule has 7 heteroatoms. The Kier molecular flexibility index (Phi) is 3.06. The highest BCUT2D eigenvalue weighted by molar-refractivity contribution is 9.10. The van der Waals surface area contributed by atoms with Crippen LogP contribution in [0.4, 0.5) is 5.69 Å². The van der Waals surface area contributed by atoms with Crippen LogP contribution in [0.1, 0.15) is 31.1 Å². The maximum atomic E-state index is 12.4. The SMILES string of the molecule is O=C(O)c1ccncc1N1C(=O)c2ccc(Br)cc2C1=O. The number of halogens is 1. The molecule has 0 radical (unpaired) electrons. The van der Waals surface area contributed by atoms with Crippen LogP contribution in [-0.2, 0) is 0 Å². The van der Waals surface area contributed by atoms with Gasteiger partial charge in [-0.1, -0.05) is 15.9 Å². The summed E-state index contributed by atoms with van der Waals surface area (Å²) in [5.74, 6) is -2.35. The summed E-state index contributed by atoms with van der Waals surface area (Å²) in [6.45, 7) is 0. The number of imide groups is 1. The summed E-state index contributed by atoms with van der Waals surface area (Å²) >= 11 is 3.24. The lowest BCUT2D eigenvalue weighted by molar-refractivity contribution is 0.0697. The van der Waals surface area contributed by atoms with E-state index in [9.17, 15) is 19.5 Å². The zero-order valence-electron chi connectivity index (χ0n) is 10.4. The summed E-state index contributed by atoms with van der Waals surface area (Å²) in [6.07, 6.45) is 2.49. The third kappa shape index (κ3) is 2.02. The first-order valence-electron chi connectivity index (χ1n) is 5.86. The Balaban J connectivity index is 2.17. The Bertz CT molecular complexity index is 803. The predicted octanol–water partition coefficient (Wildman–Crippen LogP) is 2.34. The van der Waals surface area contributed by atoms with E-state index >= 15 is 0 Å². The van der Waals surface area contributed by atoms with Crippen molar-refractivity contribution < 1.29 is 19.5 Å². The number of hydrogen-bond donors (Lipinski definition) is 1. The van der Waals surface area contributed by atoms with Gasteiger partial charge in [-0.3, -0.25) is 14.6 Å². The van der Waals surface area contributed by atoms with E-state index in [-0.39, 0.29) is 22.4 Å². The molecule has 0 aliphatic carbocycles. The van der Waals surface area contributed by atoms with Crippen molar-refractivity contribution in [2.45, 2.75) is 0 Å². The summed E-state index contributed by atoms with van der Waals surface area (Å²) in [5, 5.41) is 9.18. The molecule has 2 heterocycles. The van der Waals surface area contributed by atoms with Crippen molar-refractivity contribution in [2.24, 2.45) is 0 Å². The first-order valence-corrected chi connectivity index (χ1v) is 6.65. The third-order valence-corrected chi connectivity index (χ3v) is 3.61. The molecule has 0 spiro atoms. The minimum absolute atomic E-state index is 0.0349. The van der Waals surface area contributed by atoms with Gasteiger partial charge in [-0.2, -0.15) is 0 Å². The van der Waals surface area contributed by atoms with Gasteiger partial charge in [-0.05, 0) is 24.3 Å². The Morgan fingerprint density at radius 1 is 1.14 bits per heavy atom. The van der Waals surface area contributed by atoms with Crippen molar-refractivity contribution in [3.8, 4) is 0 Å². The number of anilines is 1. The molecule has 3 rings (SSSR count). The van der Waals surface area contributed by atoms with Crippen molar-refractivity contribution in [2.75, 3.05) is 4.90 Å². The molecule has 2 amide bonds. The Morgan fingerprint density at radius 3 is 2.57 bits per heavy atom. The molecule has 0 fully saturated rings. The maximum absolute atomic E-state index is 12.4. The van der Waals surface area contributed by atoms with Crippen molar-refractivity contribution in [3.63, 3.8) is 0 Å². The number of aromatic carboxylic acids is 1. The van der Waals surface area contributed by atoms with Crippen molar-refractivity contribution in [1.82, 2.24) is 4.98 Å². The molecule has 1 N–H and O–H groups in total. The molecule has 0 unspecified atom stereocenters. The fourth-order valence-electron chi connectivity index (χ4n) is 2.18. The van der Waals surface area contributed by atoms with Gasteiger partial charge in [0.1, 0.15) is 0 Å². The van der Waals surface area contributed by atoms with E-state index in [0.29, 0.717) is 4.47 Å². The highest BCUT2D eigenvalue weighted by Crippen LogP contribution is 2.31. The van der Waals surface area contributed by atoms with Crippen molar-refractivity contribution in [3.05, 3.63) is 57.8 Å². The van der Waals surface area contributed by atoms with E-state index in [0.717, 1.165) is 4.90 Å². The second kappa shape index (κ2) is 4.78. The van der Waals surface area contributed by atoms with Crippen LogP contribution in [0.5, 0.6) is 0 Å². The van der Waals surface area contributed by atoms with Crippen LogP contribution in [0.3, 0.4) is 0 Å². The summed E-state index contributed by atoms with van der Waals surface area (Å²) in [4.78, 5) is 40.6. The molecule has 0 saturated carbocycles. The van der Waals surface area contributed by atoms with Gasteiger partial charge in [0, 0.05) is 10.7 Å². The van der Waals surface area contributed by atoms with E-state index in [4.69, 9.17) is 0 Å². The number of aromatic nitrogens is 1. The number of pyridine rings is 1. The van der Waals surface area contributed by atoms with Crippen LogP contribution in [0.25, 0.3) is 0 Å². The minimum atomic E-state index is -1.23. The van der Waals surface area contributed by atoms with E-state index in [1.165, 1.54) is 30.6 Å². The lowest BCUT2D eigenvalue weighted by Crippen LogP contribution is -2.31. The van der Waals surface area contributed by atoms with Gasteiger partial charge in [-0.15, -0.1) is 0 Å². The average Bonchev–Trinajstić information content (AvgIpc) is 2.70. The largest absolute Gasteiger partial charge is 0.478 e. The smallest absolute Gasteiger partial charge is 0.337 e. The lowest BCUT2D eigenvalue weighted by Gasteiger charge is -2.15. The molecule has 1 aliphatic heterocycles. The number of fused-ring (bicyclic) bond motifs is 1. The molecular formula is C14H7BrN2O4. The quantitative estimate of drug-likeness (QED) is 0.843. The number of benzene rings is 1. The monoisotopic (exact) mass is 346 g/mol. The van der Waals surface area contributed by atoms with E-state index in [2.05, 4.69) is 20.9 Å². The molecule has 0 bridgehead atoms. The fraction of sp³-hybridized carbons (Fsp3) is 0. The number of carboxylic acid groups (broad SMARTS) is 1. The minimum Gasteiger partial charge on any atom is -0.478 e. The van der Waals surface area contributed by atoms with Gasteiger partial charge in [0.25, 0.3) is 11.8 Å². The molecule has 104 valence electrons. The van der Waals surface area contributed by atoms with Crippen LogP contribution in [-0.4, -0.2) is 27.9 Å². The first-order chi connectivity index (χ1) is 10.0. The zero-order chi connectivity index (χ0) is 15.1. The molecule has 1 aliphatic rings. The van der Waals surface area contributed by atoms with E-state index < -0.39 is 17.8 Å². The number of rotatable bonds is 2. The highest BCUT2D eigenvalue weighted by Gasteiger charge is 2.38. The maximum Gasteiger partial charge on any atom is 0.337 e. The van der Waals surface area contributed by atoms with Gasteiger partial charge in [0.2, 0.25) is 0 Å². The molecule has 6 nitrogen and oxygen atoms in total. The normalized spacial score (nSPS) is 13.5. The van der Waals surface area contributed by atoms with Crippen LogP contribution in [0, 0.1) is 0 Å². The second-order valence-corrected chi connectivity index (χ2v) is 5.25. The zero-order valence-corrected chi connectivity index (χ0v) is 12.0. The Labute approximate surface area is 127 Å². The van der Waals surface area contributed by atoms with Gasteiger partial charge >= 0.3 is 5.97 Å². The summed E-state index contributed by atoms with van der Waals surface area (Å²) < 4.78 is 0.661. The van der Waals surface area contributed by atoms with E-state index in [1.807, 2.05) is 0 Å². The Morgan fingerprint density at radius 2 is 1.86 bits per heavy atom. The average molecular weight is 347 g/mol. The molecule has 1 aromatic carbocycles. The Hall–Kier alpha value is -2.54. The topological polar surface area (TPSA) is 87.6 Å². The lowest BCUT2D eigenvalue weighted by atomic mass is 10.1. The third-order valence-electron chi connectivity index (χ3n) is 3.12. The number of hydrogen-bond acceptors (Lipinski definition) is 4. The number of amides is 2. The number of carbonyl (C=O) groups is 3. The van der Waals surface area contributed by atoms with E-state index in [1.54, 1.807) is 6.07 Å². The number of carbonyl (C=O) groups excluding carboxylic acids is 2. The van der Waals surface area contributed by atoms with Crippen LogP contribution in [0.2, 0.25) is 0 Å². The van der Waals surface area contributed by atoms with Crippen molar-refractivity contribution in [1.29, 1.82) is 0 Å². The molecule has 1 aromatic heterocycles. The molecule has 0 saturated heterocycles. The summed E-state index contributed by atoms with van der Waals surface area (Å²) in [6, 6.07) is 5.95. The highest BCUT2D eigenvalue weighted by atomic mass is 79.9. The number of nitrogens with zero attached hydrogens (tertiary/aromatic N) is 2. The van der Waals surface area contributed by atoms with Crippen LogP contribution < -0.4 is 4.90 Å². The first kappa shape index (κ1) is 13.4. The second-order valence-electron chi connectivity index (χ2n) is 4.33. The fourth-order valence-corrected chi connectivity index (χ4v) is 2.54. The van der Waals surface area contributed by atoms with Gasteiger partial charge in [0.15, 0.2) is 0 Å². The molecule has 0 atom stereocenters. The molecule has 21 heavy (non-hydrogen) atoms. The van der Waals surface area contributed by atoms with Crippen molar-refractivity contribution >= 4 is 39.4 Å². The molecule has 2 aromatic rings. The van der Waals surface area contributed by atoms with Crippen LogP contribution in [0.15, 0.2) is 41.1 Å². The standard InChI is InChI=1S/C14H7BrN2O4/c15-7-1-2-8-10(5-7)13(19)17(12(8)18)11-6-16-4-3-9(11)14(20)21/h1-6H,(H,20,21). The molecular weight excluding hydrogens is 340 g/mol. The summed E-state index contributed by atoms with van der Waals surface area (Å²) in [7, 11) is 0. The van der Waals surface area contributed by atoms with Gasteiger partial charge < -0.3 is 5.11 Å². The summed E-state index contributed by atoms with van der Waals surface area (Å²) in [5.41, 5.74) is 0.281. The predicted molar refractivity (Wildman–Crippen MR) is 76.5 cm³/mol. The van der Waals surface area contributed by atoms with Gasteiger partial charge in [-0.25, -0.2) is 9.69 Å². The number of carboxylic acids is 1.